The van der Waals surface area contributed by atoms with Crippen molar-refractivity contribution in [1.29, 1.82) is 0 Å². The molecule has 0 aliphatic rings. The summed E-state index contributed by atoms with van der Waals surface area (Å²) in [6.45, 7) is -2.67. The first-order valence-electron chi connectivity index (χ1n) is 7.59. The Morgan fingerprint density at radius 1 is 1.15 bits per heavy atom. The molecule has 0 bridgehead atoms. The Hall–Kier alpha value is -2.05. The van der Waals surface area contributed by atoms with Gasteiger partial charge in [-0.3, -0.25) is 4.79 Å². The molecule has 26 heavy (non-hydrogen) atoms. The highest BCUT2D eigenvalue weighted by molar-refractivity contribution is 6.35. The zero-order valence-corrected chi connectivity index (χ0v) is 15.7. The van der Waals surface area contributed by atoms with Gasteiger partial charge in [-0.1, -0.05) is 35.3 Å². The summed E-state index contributed by atoms with van der Waals surface area (Å²) >= 11 is 11.9. The minimum Gasteiger partial charge on any atom is -0.493 e. The number of amides is 1. The number of carbonyl (C=O) groups excluding carboxylic acids is 1. The highest BCUT2D eigenvalue weighted by Gasteiger charge is 2.15. The summed E-state index contributed by atoms with van der Waals surface area (Å²) in [5.74, 6) is -0.0429. The van der Waals surface area contributed by atoms with Crippen molar-refractivity contribution in [3.63, 3.8) is 0 Å². The van der Waals surface area contributed by atoms with Crippen molar-refractivity contribution < 1.29 is 23.0 Å². The van der Waals surface area contributed by atoms with E-state index < -0.39 is 6.61 Å². The topological polar surface area (TPSA) is 38.8 Å². The summed E-state index contributed by atoms with van der Waals surface area (Å²) in [6.07, 6.45) is 0.121. The Morgan fingerprint density at radius 2 is 1.88 bits per heavy atom. The molecule has 0 radical (unpaired) electrons. The maximum atomic E-state index is 12.4. The van der Waals surface area contributed by atoms with E-state index in [9.17, 15) is 13.6 Å². The smallest absolute Gasteiger partial charge is 0.387 e. The van der Waals surface area contributed by atoms with E-state index in [0.29, 0.717) is 21.2 Å². The average Bonchev–Trinajstić information content (AvgIpc) is 2.58. The van der Waals surface area contributed by atoms with Crippen molar-refractivity contribution in [2.45, 2.75) is 19.6 Å². The van der Waals surface area contributed by atoms with Crippen molar-refractivity contribution in [3.05, 3.63) is 57.6 Å². The number of hydrogen-bond donors (Lipinski definition) is 0. The Morgan fingerprint density at radius 3 is 2.50 bits per heavy atom. The fourth-order valence-electron chi connectivity index (χ4n) is 2.33. The Bertz CT molecular complexity index is 787. The van der Waals surface area contributed by atoms with Crippen LogP contribution in [0.25, 0.3) is 0 Å². The largest absolute Gasteiger partial charge is 0.493 e. The average molecular weight is 404 g/mol. The molecule has 0 aliphatic heterocycles. The van der Waals surface area contributed by atoms with Gasteiger partial charge in [0, 0.05) is 23.6 Å². The normalized spacial score (nSPS) is 10.7. The predicted octanol–water partition coefficient (Wildman–Crippen LogP) is 4.80. The van der Waals surface area contributed by atoms with Crippen molar-refractivity contribution >= 4 is 29.1 Å². The summed E-state index contributed by atoms with van der Waals surface area (Å²) in [4.78, 5) is 13.9. The number of halogens is 4. The molecule has 0 saturated carbocycles. The molecular weight excluding hydrogens is 387 g/mol. The SMILES string of the molecule is COc1cc(CN(C)C(=O)Cc2ccc(Cl)cc2Cl)ccc1OC(F)F. The van der Waals surface area contributed by atoms with Crippen LogP contribution in [0.15, 0.2) is 36.4 Å². The first kappa shape index (κ1) is 20.3. The van der Waals surface area contributed by atoms with Crippen LogP contribution in [0.2, 0.25) is 10.0 Å². The molecule has 0 spiro atoms. The van der Waals surface area contributed by atoms with Gasteiger partial charge in [-0.25, -0.2) is 0 Å². The fourth-order valence-corrected chi connectivity index (χ4v) is 2.80. The number of benzene rings is 2. The quantitative estimate of drug-likeness (QED) is 0.665. The van der Waals surface area contributed by atoms with Crippen molar-refractivity contribution in [2.75, 3.05) is 14.2 Å². The number of nitrogens with zero attached hydrogens (tertiary/aromatic N) is 1. The maximum Gasteiger partial charge on any atom is 0.387 e. The number of rotatable bonds is 7. The van der Waals surface area contributed by atoms with Gasteiger partial charge in [0.05, 0.1) is 13.5 Å². The van der Waals surface area contributed by atoms with Gasteiger partial charge in [-0.2, -0.15) is 8.78 Å². The first-order chi connectivity index (χ1) is 12.3. The number of ether oxygens (including phenoxy) is 2. The van der Waals surface area contributed by atoms with E-state index in [2.05, 4.69) is 4.74 Å². The molecule has 8 heteroatoms. The first-order valence-corrected chi connectivity index (χ1v) is 8.35. The van der Waals surface area contributed by atoms with Crippen LogP contribution in [0, 0.1) is 0 Å². The van der Waals surface area contributed by atoms with E-state index in [1.165, 1.54) is 18.1 Å². The van der Waals surface area contributed by atoms with Crippen LogP contribution in [0.5, 0.6) is 11.5 Å². The lowest BCUT2D eigenvalue weighted by Crippen LogP contribution is -2.27. The molecule has 2 aromatic carbocycles. The summed E-state index contributed by atoms with van der Waals surface area (Å²) in [6, 6.07) is 9.49. The van der Waals surface area contributed by atoms with Crippen molar-refractivity contribution in [2.24, 2.45) is 0 Å². The maximum absolute atomic E-state index is 12.4. The van der Waals surface area contributed by atoms with Gasteiger partial charge >= 0.3 is 6.61 Å². The van der Waals surface area contributed by atoms with Crippen LogP contribution in [-0.4, -0.2) is 31.6 Å². The summed E-state index contributed by atoms with van der Waals surface area (Å²) in [5, 5.41) is 0.923. The Kier molecular flexibility index (Phi) is 7.06. The second-order valence-corrected chi connectivity index (χ2v) is 6.37. The minimum atomic E-state index is -2.94. The molecule has 2 aromatic rings. The van der Waals surface area contributed by atoms with E-state index in [0.717, 1.165) is 0 Å². The number of likely N-dealkylation sites (N-methyl/N-ethyl adjacent to an activating group) is 1. The van der Waals surface area contributed by atoms with Crippen LogP contribution in [0.4, 0.5) is 8.78 Å². The van der Waals surface area contributed by atoms with Crippen LogP contribution in [0.1, 0.15) is 11.1 Å². The lowest BCUT2D eigenvalue weighted by Gasteiger charge is -2.19. The third-order valence-corrected chi connectivity index (χ3v) is 4.23. The van der Waals surface area contributed by atoms with Crippen LogP contribution in [0.3, 0.4) is 0 Å². The zero-order valence-electron chi connectivity index (χ0n) is 14.1. The molecule has 4 nitrogen and oxygen atoms in total. The fraction of sp³-hybridized carbons (Fsp3) is 0.278. The molecule has 2 rings (SSSR count). The van der Waals surface area contributed by atoms with Gasteiger partial charge in [0.2, 0.25) is 5.91 Å². The Labute approximate surface area is 160 Å². The molecule has 0 aliphatic carbocycles. The van der Waals surface area contributed by atoms with Crippen molar-refractivity contribution in [1.82, 2.24) is 4.90 Å². The van der Waals surface area contributed by atoms with Crippen LogP contribution < -0.4 is 9.47 Å². The van der Waals surface area contributed by atoms with Crippen molar-refractivity contribution in [3.8, 4) is 11.5 Å². The van der Waals surface area contributed by atoms with Gasteiger partial charge in [0.1, 0.15) is 0 Å². The summed E-state index contributed by atoms with van der Waals surface area (Å²) < 4.78 is 34.2. The highest BCUT2D eigenvalue weighted by Crippen LogP contribution is 2.30. The molecule has 0 unspecified atom stereocenters. The van der Waals surface area contributed by atoms with Gasteiger partial charge in [-0.15, -0.1) is 0 Å². The number of alkyl halides is 2. The van der Waals surface area contributed by atoms with Gasteiger partial charge in [-0.05, 0) is 35.4 Å². The van der Waals surface area contributed by atoms with Gasteiger partial charge in [0.15, 0.2) is 11.5 Å². The van der Waals surface area contributed by atoms with Crippen LogP contribution >= 0.6 is 23.2 Å². The summed E-state index contributed by atoms with van der Waals surface area (Å²) in [7, 11) is 3.00. The Balaban J connectivity index is 2.06. The molecule has 0 N–H and O–H groups in total. The highest BCUT2D eigenvalue weighted by atomic mass is 35.5. The van der Waals surface area contributed by atoms with Crippen LogP contribution in [-0.2, 0) is 17.8 Å². The van der Waals surface area contributed by atoms with E-state index >= 15 is 0 Å². The van der Waals surface area contributed by atoms with E-state index in [-0.39, 0.29) is 30.4 Å². The molecule has 0 atom stereocenters. The molecule has 0 aromatic heterocycles. The monoisotopic (exact) mass is 403 g/mol. The molecule has 140 valence electrons. The van der Waals surface area contributed by atoms with E-state index in [1.807, 2.05) is 0 Å². The number of methoxy groups -OCH3 is 1. The third-order valence-electron chi connectivity index (χ3n) is 3.65. The molecular formula is C18H17Cl2F2NO3. The molecule has 1 amide bonds. The predicted molar refractivity (Wildman–Crippen MR) is 96.3 cm³/mol. The van der Waals surface area contributed by atoms with Gasteiger partial charge < -0.3 is 14.4 Å². The number of hydrogen-bond acceptors (Lipinski definition) is 3. The zero-order chi connectivity index (χ0) is 19.3. The third kappa shape index (κ3) is 5.47. The molecule has 0 saturated heterocycles. The lowest BCUT2D eigenvalue weighted by atomic mass is 10.1. The second kappa shape index (κ2) is 9.05. The second-order valence-electron chi connectivity index (χ2n) is 5.53. The molecule has 0 heterocycles. The minimum absolute atomic E-state index is 0.0619. The standard InChI is InChI=1S/C18H17Cl2F2NO3/c1-23(17(24)8-12-4-5-13(19)9-14(12)20)10-11-3-6-15(26-18(21)22)16(7-11)25-2/h3-7,9,18H,8,10H2,1-2H3. The summed E-state index contributed by atoms with van der Waals surface area (Å²) in [5.41, 5.74) is 1.38. The lowest BCUT2D eigenvalue weighted by molar-refractivity contribution is -0.129. The van der Waals surface area contributed by atoms with E-state index in [4.69, 9.17) is 27.9 Å². The van der Waals surface area contributed by atoms with Gasteiger partial charge in [0.25, 0.3) is 0 Å². The molecule has 0 fully saturated rings. The van der Waals surface area contributed by atoms with E-state index in [1.54, 1.807) is 37.4 Å². The number of carbonyl (C=O) groups is 1.